The summed E-state index contributed by atoms with van der Waals surface area (Å²) in [4.78, 5) is 13.8. The maximum Gasteiger partial charge on any atom is 0.241 e. The van der Waals surface area contributed by atoms with E-state index in [9.17, 15) is 4.79 Å². The largest absolute Gasteiger partial charge is 0.320 e. The molecule has 1 aliphatic rings. The third-order valence-corrected chi connectivity index (χ3v) is 3.98. The van der Waals surface area contributed by atoms with Gasteiger partial charge in [0.2, 0.25) is 5.91 Å². The number of nitriles is 1. The van der Waals surface area contributed by atoms with Crippen molar-refractivity contribution in [3.63, 3.8) is 0 Å². The Kier molecular flexibility index (Phi) is 6.79. The fourth-order valence-corrected chi connectivity index (χ4v) is 2.64. The number of rotatable bonds is 8. The highest BCUT2D eigenvalue weighted by Gasteiger charge is 2.27. The van der Waals surface area contributed by atoms with E-state index in [1.807, 2.05) is 24.3 Å². The fourth-order valence-electron chi connectivity index (χ4n) is 2.64. The van der Waals surface area contributed by atoms with Crippen LogP contribution in [0.2, 0.25) is 0 Å². The molecule has 1 heterocycles. The van der Waals surface area contributed by atoms with Gasteiger partial charge in [-0.15, -0.1) is 0 Å². The van der Waals surface area contributed by atoms with Gasteiger partial charge in [0.05, 0.1) is 12.1 Å². The van der Waals surface area contributed by atoms with Gasteiger partial charge in [0.1, 0.15) is 6.04 Å². The van der Waals surface area contributed by atoms with Gasteiger partial charge in [-0.25, -0.2) is 0 Å². The normalized spacial score (nSPS) is 17.9. The van der Waals surface area contributed by atoms with Gasteiger partial charge in [-0.1, -0.05) is 42.8 Å². The molecular weight excluding hydrogens is 288 g/mol. The van der Waals surface area contributed by atoms with E-state index >= 15 is 0 Å². The lowest BCUT2D eigenvalue weighted by Gasteiger charge is -2.23. The van der Waals surface area contributed by atoms with E-state index in [2.05, 4.69) is 23.5 Å². The average Bonchev–Trinajstić information content (AvgIpc) is 3.06. The molecule has 0 aromatic heterocycles. The molecule has 5 nitrogen and oxygen atoms in total. The maximum absolute atomic E-state index is 12.2. The minimum absolute atomic E-state index is 0.126. The summed E-state index contributed by atoms with van der Waals surface area (Å²) in [5.74, 6) is -0.126. The Morgan fingerprint density at radius 1 is 1.39 bits per heavy atom. The van der Waals surface area contributed by atoms with Crippen molar-refractivity contribution in [2.45, 2.75) is 37.9 Å². The molecule has 0 saturated carbocycles. The summed E-state index contributed by atoms with van der Waals surface area (Å²) < 4.78 is 0. The van der Waals surface area contributed by atoms with E-state index in [1.165, 1.54) is 10.5 Å². The van der Waals surface area contributed by atoms with Gasteiger partial charge in [0, 0.05) is 13.1 Å². The standard InChI is InChI=1S/C18H24N4O/c19-13-16-9-6-12-22(16)18(23)17(20)10-4-5-11-21-14-15-7-2-1-3-8-15/h1-3,6-9,16-17,21H,4-5,10-12,14,20H2. The van der Waals surface area contributed by atoms with Crippen molar-refractivity contribution in [2.75, 3.05) is 13.1 Å². The molecule has 1 aliphatic heterocycles. The van der Waals surface area contributed by atoms with E-state index in [0.717, 1.165) is 25.9 Å². The number of carbonyl (C=O) groups excluding carboxylic acids is 1. The molecule has 0 spiro atoms. The van der Waals surface area contributed by atoms with Crippen LogP contribution in [0.3, 0.4) is 0 Å². The first-order valence-electron chi connectivity index (χ1n) is 8.09. The van der Waals surface area contributed by atoms with Gasteiger partial charge < -0.3 is 16.0 Å². The number of nitrogens with one attached hydrogen (secondary N) is 1. The third-order valence-electron chi connectivity index (χ3n) is 3.98. The number of benzene rings is 1. The van der Waals surface area contributed by atoms with Gasteiger partial charge in [-0.2, -0.15) is 5.26 Å². The Balaban J connectivity index is 1.59. The number of amides is 1. The van der Waals surface area contributed by atoms with E-state index in [4.69, 9.17) is 11.0 Å². The van der Waals surface area contributed by atoms with Gasteiger partial charge in [0.15, 0.2) is 0 Å². The van der Waals surface area contributed by atoms with Crippen molar-refractivity contribution in [3.05, 3.63) is 48.0 Å². The number of carbonyl (C=O) groups is 1. The first kappa shape index (κ1) is 17.2. The maximum atomic E-state index is 12.2. The van der Waals surface area contributed by atoms with Crippen LogP contribution in [0.4, 0.5) is 0 Å². The van der Waals surface area contributed by atoms with E-state index in [0.29, 0.717) is 13.0 Å². The number of hydrogen-bond acceptors (Lipinski definition) is 4. The Morgan fingerprint density at radius 3 is 2.91 bits per heavy atom. The second-order valence-electron chi connectivity index (χ2n) is 5.76. The fraction of sp³-hybridized carbons (Fsp3) is 0.444. The highest BCUT2D eigenvalue weighted by atomic mass is 16.2. The lowest BCUT2D eigenvalue weighted by molar-refractivity contribution is -0.132. The van der Waals surface area contributed by atoms with Gasteiger partial charge in [-0.05, 0) is 31.0 Å². The summed E-state index contributed by atoms with van der Waals surface area (Å²) in [6.07, 6.45) is 6.12. The molecular formula is C18H24N4O. The molecule has 1 aromatic rings. The molecule has 1 aromatic carbocycles. The van der Waals surface area contributed by atoms with E-state index < -0.39 is 12.1 Å². The summed E-state index contributed by atoms with van der Waals surface area (Å²) in [5, 5.41) is 12.4. The van der Waals surface area contributed by atoms with Crippen LogP contribution >= 0.6 is 0 Å². The highest BCUT2D eigenvalue weighted by molar-refractivity contribution is 5.83. The summed E-state index contributed by atoms with van der Waals surface area (Å²) in [6.45, 7) is 2.25. The summed E-state index contributed by atoms with van der Waals surface area (Å²) >= 11 is 0. The van der Waals surface area contributed by atoms with Gasteiger partial charge in [-0.3, -0.25) is 4.79 Å². The SMILES string of the molecule is N#CC1C=CCN1C(=O)C(N)CCCCNCc1ccccc1. The minimum Gasteiger partial charge on any atom is -0.320 e. The van der Waals surface area contributed by atoms with Crippen molar-refractivity contribution in [1.82, 2.24) is 10.2 Å². The van der Waals surface area contributed by atoms with Crippen molar-refractivity contribution in [3.8, 4) is 6.07 Å². The van der Waals surface area contributed by atoms with Crippen LogP contribution in [0.25, 0.3) is 0 Å². The predicted octanol–water partition coefficient (Wildman–Crippen LogP) is 1.56. The van der Waals surface area contributed by atoms with Gasteiger partial charge in [0.25, 0.3) is 0 Å². The van der Waals surface area contributed by atoms with Crippen LogP contribution in [-0.4, -0.2) is 36.0 Å². The molecule has 0 radical (unpaired) electrons. The summed E-state index contributed by atoms with van der Waals surface area (Å²) in [5.41, 5.74) is 7.24. The lowest BCUT2D eigenvalue weighted by atomic mass is 10.1. The topological polar surface area (TPSA) is 82.2 Å². The average molecular weight is 312 g/mol. The van der Waals surface area contributed by atoms with Crippen molar-refractivity contribution >= 4 is 5.91 Å². The highest BCUT2D eigenvalue weighted by Crippen LogP contribution is 2.12. The summed E-state index contributed by atoms with van der Waals surface area (Å²) in [6, 6.07) is 11.4. The molecule has 122 valence electrons. The molecule has 0 saturated heterocycles. The smallest absolute Gasteiger partial charge is 0.241 e. The van der Waals surface area contributed by atoms with Crippen LogP contribution < -0.4 is 11.1 Å². The Hall–Kier alpha value is -2.16. The molecule has 1 amide bonds. The number of nitrogens with zero attached hydrogens (tertiary/aromatic N) is 2. The van der Waals surface area contributed by atoms with Crippen LogP contribution in [-0.2, 0) is 11.3 Å². The molecule has 0 bridgehead atoms. The van der Waals surface area contributed by atoms with E-state index in [-0.39, 0.29) is 5.91 Å². The molecule has 5 heteroatoms. The van der Waals surface area contributed by atoms with Gasteiger partial charge >= 0.3 is 0 Å². The van der Waals surface area contributed by atoms with Crippen molar-refractivity contribution in [1.29, 1.82) is 5.26 Å². The first-order valence-corrected chi connectivity index (χ1v) is 8.09. The van der Waals surface area contributed by atoms with Crippen molar-refractivity contribution in [2.24, 2.45) is 5.73 Å². The zero-order valence-corrected chi connectivity index (χ0v) is 13.3. The molecule has 3 N–H and O–H groups in total. The third kappa shape index (κ3) is 5.20. The monoisotopic (exact) mass is 312 g/mol. The zero-order valence-electron chi connectivity index (χ0n) is 13.3. The van der Waals surface area contributed by atoms with Crippen molar-refractivity contribution < 1.29 is 4.79 Å². The zero-order chi connectivity index (χ0) is 16.5. The first-order chi connectivity index (χ1) is 11.2. The van der Waals surface area contributed by atoms with Crippen LogP contribution in [0, 0.1) is 11.3 Å². The molecule has 2 unspecified atom stereocenters. The second kappa shape index (κ2) is 9.09. The summed E-state index contributed by atoms with van der Waals surface area (Å²) in [7, 11) is 0. The van der Waals surface area contributed by atoms with E-state index in [1.54, 1.807) is 6.08 Å². The van der Waals surface area contributed by atoms with Crippen LogP contribution in [0.5, 0.6) is 0 Å². The Labute approximate surface area is 137 Å². The number of unbranched alkanes of at least 4 members (excludes halogenated alkanes) is 1. The number of hydrogen-bond donors (Lipinski definition) is 2. The molecule has 23 heavy (non-hydrogen) atoms. The lowest BCUT2D eigenvalue weighted by Crippen LogP contribution is -2.45. The predicted molar refractivity (Wildman–Crippen MR) is 90.2 cm³/mol. The second-order valence-corrected chi connectivity index (χ2v) is 5.76. The Bertz CT molecular complexity index is 564. The van der Waals surface area contributed by atoms with Crippen LogP contribution in [0.1, 0.15) is 24.8 Å². The minimum atomic E-state index is -0.514. The Morgan fingerprint density at radius 2 is 2.17 bits per heavy atom. The quantitative estimate of drug-likeness (QED) is 0.564. The molecule has 2 atom stereocenters. The molecule has 0 fully saturated rings. The van der Waals surface area contributed by atoms with Crippen LogP contribution in [0.15, 0.2) is 42.5 Å². The molecule has 0 aliphatic carbocycles. The number of nitrogens with two attached hydrogens (primary N) is 1. The molecule has 2 rings (SSSR count).